The van der Waals surface area contributed by atoms with Crippen molar-refractivity contribution in [2.45, 2.75) is 20.0 Å². The van der Waals surface area contributed by atoms with Gasteiger partial charge in [-0.3, -0.25) is 4.99 Å². The zero-order valence-electron chi connectivity index (χ0n) is 9.84. The summed E-state index contributed by atoms with van der Waals surface area (Å²) in [5.41, 5.74) is 0.222. The van der Waals surface area contributed by atoms with Gasteiger partial charge in [0.25, 0.3) is 0 Å². The molecule has 0 saturated heterocycles. The van der Waals surface area contributed by atoms with E-state index in [1.807, 2.05) is 0 Å². The van der Waals surface area contributed by atoms with Gasteiger partial charge in [-0.15, -0.1) is 0 Å². The number of benzene rings is 1. The maximum atomic E-state index is 12.6. The molecule has 0 atom stereocenters. The van der Waals surface area contributed by atoms with Crippen molar-refractivity contribution >= 4 is 12.1 Å². The Balaban J connectivity index is 3.32. The van der Waals surface area contributed by atoms with Crippen LogP contribution < -0.4 is 0 Å². The van der Waals surface area contributed by atoms with Gasteiger partial charge in [-0.2, -0.15) is 13.2 Å². The molecule has 0 bridgehead atoms. The minimum atomic E-state index is -4.35. The first kappa shape index (κ1) is 13.4. The van der Waals surface area contributed by atoms with Crippen LogP contribution in [0.15, 0.2) is 28.2 Å². The molecule has 0 fully saturated rings. The lowest BCUT2D eigenvalue weighted by molar-refractivity contribution is -0.137. The van der Waals surface area contributed by atoms with Crippen molar-refractivity contribution in [1.29, 1.82) is 0 Å². The summed E-state index contributed by atoms with van der Waals surface area (Å²) in [5.74, 6) is 0.293. The molecule has 92 valence electrons. The number of aliphatic imine (C=N–C) groups is 2. The van der Waals surface area contributed by atoms with Crippen LogP contribution in [0.1, 0.15) is 23.6 Å². The Hall–Kier alpha value is -1.65. The third-order valence-corrected chi connectivity index (χ3v) is 2.13. The van der Waals surface area contributed by atoms with Gasteiger partial charge in [-0.1, -0.05) is 0 Å². The molecular formula is C12H13F3N2. The molecule has 0 aromatic heterocycles. The predicted octanol–water partition coefficient (Wildman–Crippen LogP) is 3.48. The first-order valence-electron chi connectivity index (χ1n) is 5.03. The van der Waals surface area contributed by atoms with E-state index in [1.165, 1.54) is 13.3 Å². The van der Waals surface area contributed by atoms with Crippen molar-refractivity contribution < 1.29 is 13.2 Å². The van der Waals surface area contributed by atoms with Crippen LogP contribution >= 0.6 is 0 Å². The standard InChI is InChI=1S/C12H13F3N2/c1-4-17-11(16-3)9-5-8(2)6-10(7-9)12(13,14)15/h4-7H,1-3H3. The lowest BCUT2D eigenvalue weighted by Gasteiger charge is -2.10. The van der Waals surface area contributed by atoms with E-state index in [0.29, 0.717) is 17.0 Å². The van der Waals surface area contributed by atoms with Crippen molar-refractivity contribution in [1.82, 2.24) is 0 Å². The number of hydrogen-bond acceptors (Lipinski definition) is 1. The van der Waals surface area contributed by atoms with Gasteiger partial charge in [0.05, 0.1) is 5.56 Å². The highest BCUT2D eigenvalue weighted by Gasteiger charge is 2.31. The van der Waals surface area contributed by atoms with Crippen molar-refractivity contribution in [2.24, 2.45) is 9.98 Å². The smallest absolute Gasteiger partial charge is 0.270 e. The summed E-state index contributed by atoms with van der Waals surface area (Å²) >= 11 is 0. The quantitative estimate of drug-likeness (QED) is 0.532. The number of nitrogens with zero attached hydrogens (tertiary/aromatic N) is 2. The van der Waals surface area contributed by atoms with E-state index >= 15 is 0 Å². The Morgan fingerprint density at radius 3 is 2.35 bits per heavy atom. The van der Waals surface area contributed by atoms with Crippen LogP contribution in [0.2, 0.25) is 0 Å². The second-order valence-corrected chi connectivity index (χ2v) is 3.52. The van der Waals surface area contributed by atoms with Gasteiger partial charge in [-0.05, 0) is 37.6 Å². The molecule has 0 N–H and O–H groups in total. The highest BCUT2D eigenvalue weighted by molar-refractivity contribution is 6.03. The topological polar surface area (TPSA) is 24.7 Å². The fraction of sp³-hybridized carbons (Fsp3) is 0.333. The molecule has 1 aromatic rings. The highest BCUT2D eigenvalue weighted by Crippen LogP contribution is 2.30. The molecule has 0 spiro atoms. The molecule has 1 rings (SSSR count). The Morgan fingerprint density at radius 1 is 1.24 bits per heavy atom. The lowest BCUT2D eigenvalue weighted by Crippen LogP contribution is -2.08. The molecule has 17 heavy (non-hydrogen) atoms. The second kappa shape index (κ2) is 5.12. The Labute approximate surface area is 97.9 Å². The monoisotopic (exact) mass is 242 g/mol. The van der Waals surface area contributed by atoms with Gasteiger partial charge in [0.15, 0.2) is 5.84 Å². The summed E-state index contributed by atoms with van der Waals surface area (Å²) < 4.78 is 37.9. The van der Waals surface area contributed by atoms with E-state index in [4.69, 9.17) is 0 Å². The Morgan fingerprint density at radius 2 is 1.88 bits per heavy atom. The third-order valence-electron chi connectivity index (χ3n) is 2.13. The molecule has 0 saturated carbocycles. The van der Waals surface area contributed by atoms with Crippen LogP contribution in [-0.2, 0) is 6.18 Å². The maximum absolute atomic E-state index is 12.6. The van der Waals surface area contributed by atoms with Gasteiger partial charge < -0.3 is 0 Å². The first-order valence-corrected chi connectivity index (χ1v) is 5.03. The molecule has 0 radical (unpaired) electrons. The first-order chi connectivity index (χ1) is 7.88. The number of rotatable bonds is 1. The van der Waals surface area contributed by atoms with Crippen molar-refractivity contribution in [2.75, 3.05) is 7.05 Å². The van der Waals surface area contributed by atoms with Gasteiger partial charge in [-0.25, -0.2) is 4.99 Å². The van der Waals surface area contributed by atoms with Crippen LogP contribution in [0.5, 0.6) is 0 Å². The zero-order valence-corrected chi connectivity index (χ0v) is 9.84. The lowest BCUT2D eigenvalue weighted by atomic mass is 10.1. The zero-order chi connectivity index (χ0) is 13.1. The van der Waals surface area contributed by atoms with E-state index in [-0.39, 0.29) is 0 Å². The normalized spacial score (nSPS) is 13.4. The molecule has 0 amide bonds. The van der Waals surface area contributed by atoms with Crippen molar-refractivity contribution in [3.63, 3.8) is 0 Å². The summed E-state index contributed by atoms with van der Waals surface area (Å²) in [6, 6.07) is 3.79. The highest BCUT2D eigenvalue weighted by atomic mass is 19.4. The number of hydrogen-bond donors (Lipinski definition) is 0. The van der Waals surface area contributed by atoms with Crippen LogP contribution in [0, 0.1) is 6.92 Å². The second-order valence-electron chi connectivity index (χ2n) is 3.52. The molecule has 5 heteroatoms. The average molecular weight is 242 g/mol. The number of halogens is 3. The largest absolute Gasteiger partial charge is 0.416 e. The van der Waals surface area contributed by atoms with E-state index in [2.05, 4.69) is 9.98 Å². The molecule has 0 heterocycles. The molecule has 2 nitrogen and oxygen atoms in total. The average Bonchev–Trinajstić information content (AvgIpc) is 2.23. The van der Waals surface area contributed by atoms with Gasteiger partial charge >= 0.3 is 6.18 Å². The van der Waals surface area contributed by atoms with Crippen LogP contribution in [0.25, 0.3) is 0 Å². The van der Waals surface area contributed by atoms with Crippen molar-refractivity contribution in [3.05, 3.63) is 34.9 Å². The number of alkyl halides is 3. The van der Waals surface area contributed by atoms with Crippen molar-refractivity contribution in [3.8, 4) is 0 Å². The minimum Gasteiger partial charge on any atom is -0.270 e. The van der Waals surface area contributed by atoms with E-state index in [1.54, 1.807) is 19.9 Å². The molecular weight excluding hydrogens is 229 g/mol. The Bertz CT molecular complexity index is 459. The summed E-state index contributed by atoms with van der Waals surface area (Å²) in [5, 5.41) is 0. The maximum Gasteiger partial charge on any atom is 0.416 e. The Kier molecular flexibility index (Phi) is 4.04. The molecule has 0 unspecified atom stereocenters. The SMILES string of the molecule is CC=NC(=NC)c1cc(C)cc(C(F)(F)F)c1. The van der Waals surface area contributed by atoms with E-state index < -0.39 is 11.7 Å². The summed E-state index contributed by atoms with van der Waals surface area (Å²) in [4.78, 5) is 7.80. The molecule has 1 aromatic carbocycles. The number of amidine groups is 1. The van der Waals surface area contributed by atoms with E-state index in [9.17, 15) is 13.2 Å². The van der Waals surface area contributed by atoms with Gasteiger partial charge in [0.2, 0.25) is 0 Å². The summed E-state index contributed by atoms with van der Waals surface area (Å²) in [6.07, 6.45) is -2.85. The molecule has 0 aliphatic rings. The van der Waals surface area contributed by atoms with Gasteiger partial charge in [0, 0.05) is 18.8 Å². The molecule has 0 aliphatic carbocycles. The van der Waals surface area contributed by atoms with Crippen LogP contribution in [-0.4, -0.2) is 19.1 Å². The number of aryl methyl sites for hydroxylation is 1. The third kappa shape index (κ3) is 3.41. The van der Waals surface area contributed by atoms with E-state index in [0.717, 1.165) is 12.1 Å². The minimum absolute atomic E-state index is 0.293. The summed E-state index contributed by atoms with van der Waals surface area (Å²) in [6.45, 7) is 3.30. The fourth-order valence-corrected chi connectivity index (χ4v) is 1.46. The van der Waals surface area contributed by atoms with Crippen LogP contribution in [0.4, 0.5) is 13.2 Å². The molecule has 0 aliphatic heterocycles. The summed E-state index contributed by atoms with van der Waals surface area (Å²) in [7, 11) is 1.50. The van der Waals surface area contributed by atoms with Crippen LogP contribution in [0.3, 0.4) is 0 Å². The predicted molar refractivity (Wildman–Crippen MR) is 62.8 cm³/mol. The fourth-order valence-electron chi connectivity index (χ4n) is 1.46. The van der Waals surface area contributed by atoms with Gasteiger partial charge in [0.1, 0.15) is 0 Å².